The predicted octanol–water partition coefficient (Wildman–Crippen LogP) is 1.61. The Morgan fingerprint density at radius 3 is 2.95 bits per heavy atom. The van der Waals surface area contributed by atoms with Crippen LogP contribution in [-0.2, 0) is 10.0 Å². The Labute approximate surface area is 128 Å². The molecule has 0 radical (unpaired) electrons. The first kappa shape index (κ1) is 14.7. The number of aromatic amines is 1. The fourth-order valence-electron chi connectivity index (χ4n) is 2.16. The van der Waals surface area contributed by atoms with Crippen molar-refractivity contribution >= 4 is 21.1 Å². The van der Waals surface area contributed by atoms with E-state index in [4.69, 9.17) is 0 Å². The van der Waals surface area contributed by atoms with Gasteiger partial charge in [0.25, 0.3) is 0 Å². The van der Waals surface area contributed by atoms with E-state index in [2.05, 4.69) is 19.8 Å². The highest BCUT2D eigenvalue weighted by Gasteiger charge is 2.17. The molecule has 1 atom stereocenters. The van der Waals surface area contributed by atoms with Gasteiger partial charge in [-0.15, -0.1) is 0 Å². The first-order chi connectivity index (χ1) is 10.5. The van der Waals surface area contributed by atoms with Crippen LogP contribution in [0.4, 0.5) is 0 Å². The maximum Gasteiger partial charge on any atom is 0.240 e. The molecular weight excluding hydrogens is 302 g/mol. The third-order valence-electron chi connectivity index (χ3n) is 3.45. The number of rotatable bonds is 5. The van der Waals surface area contributed by atoms with Gasteiger partial charge in [0, 0.05) is 12.7 Å². The summed E-state index contributed by atoms with van der Waals surface area (Å²) in [6.45, 7) is 4.12. The van der Waals surface area contributed by atoms with Crippen LogP contribution in [0.5, 0.6) is 0 Å². The third-order valence-corrected chi connectivity index (χ3v) is 4.87. The molecular formula is C14H17N5O2S. The third kappa shape index (κ3) is 2.88. The maximum absolute atomic E-state index is 12.4. The van der Waals surface area contributed by atoms with Crippen molar-refractivity contribution in [1.82, 2.24) is 24.5 Å². The second-order valence-corrected chi connectivity index (χ2v) is 7.05. The van der Waals surface area contributed by atoms with Gasteiger partial charge < -0.3 is 4.98 Å². The Balaban J connectivity index is 1.75. The highest BCUT2D eigenvalue weighted by Crippen LogP contribution is 2.16. The Hall–Kier alpha value is -2.19. The summed E-state index contributed by atoms with van der Waals surface area (Å²) in [7, 11) is -3.56. The van der Waals surface area contributed by atoms with Gasteiger partial charge in [-0.2, -0.15) is 5.10 Å². The number of nitrogens with zero attached hydrogens (tertiary/aromatic N) is 3. The molecule has 0 bridgehead atoms. The van der Waals surface area contributed by atoms with Crippen molar-refractivity contribution < 1.29 is 8.42 Å². The van der Waals surface area contributed by atoms with Crippen molar-refractivity contribution in [2.45, 2.75) is 24.8 Å². The molecule has 22 heavy (non-hydrogen) atoms. The SMILES string of the molecule is Cc1cnn([C@@H](C)CNS(=O)(=O)c2ccc3nc[nH]c3c2)c1. The van der Waals surface area contributed by atoms with E-state index >= 15 is 0 Å². The average Bonchev–Trinajstić information content (AvgIpc) is 3.12. The Bertz CT molecular complexity index is 897. The molecule has 116 valence electrons. The molecule has 2 N–H and O–H groups in total. The molecule has 1 aromatic carbocycles. The normalized spacial score (nSPS) is 13.5. The van der Waals surface area contributed by atoms with Crippen LogP contribution in [0.1, 0.15) is 18.5 Å². The lowest BCUT2D eigenvalue weighted by atomic mass is 10.3. The fourth-order valence-corrected chi connectivity index (χ4v) is 3.31. The Morgan fingerprint density at radius 1 is 1.41 bits per heavy atom. The van der Waals surface area contributed by atoms with Gasteiger partial charge in [-0.05, 0) is 37.6 Å². The maximum atomic E-state index is 12.4. The minimum absolute atomic E-state index is 0.0700. The van der Waals surface area contributed by atoms with Crippen LogP contribution >= 0.6 is 0 Å². The van der Waals surface area contributed by atoms with Gasteiger partial charge >= 0.3 is 0 Å². The van der Waals surface area contributed by atoms with Gasteiger partial charge in [0.05, 0.1) is 34.5 Å². The molecule has 0 amide bonds. The van der Waals surface area contributed by atoms with E-state index in [1.165, 1.54) is 6.33 Å². The number of sulfonamides is 1. The number of benzene rings is 1. The van der Waals surface area contributed by atoms with Crippen molar-refractivity contribution in [1.29, 1.82) is 0 Å². The Kier molecular flexibility index (Phi) is 3.71. The van der Waals surface area contributed by atoms with Crippen molar-refractivity contribution in [3.05, 3.63) is 42.5 Å². The number of hydrogen-bond donors (Lipinski definition) is 2. The van der Waals surface area contributed by atoms with Gasteiger partial charge in [-0.25, -0.2) is 18.1 Å². The van der Waals surface area contributed by atoms with Gasteiger partial charge in [0.1, 0.15) is 0 Å². The Morgan fingerprint density at radius 2 is 2.23 bits per heavy atom. The zero-order valence-corrected chi connectivity index (χ0v) is 13.1. The molecule has 0 aliphatic carbocycles. The monoisotopic (exact) mass is 319 g/mol. The van der Waals surface area contributed by atoms with Crippen LogP contribution in [0.3, 0.4) is 0 Å². The van der Waals surface area contributed by atoms with Crippen LogP contribution in [-0.4, -0.2) is 34.7 Å². The fraction of sp³-hybridized carbons (Fsp3) is 0.286. The molecule has 2 aromatic heterocycles. The molecule has 0 aliphatic heterocycles. The number of aryl methyl sites for hydroxylation is 1. The van der Waals surface area contributed by atoms with E-state index in [0.29, 0.717) is 5.52 Å². The molecule has 3 rings (SSSR count). The van der Waals surface area contributed by atoms with Gasteiger partial charge in [-0.1, -0.05) is 0 Å². The molecule has 0 aliphatic rings. The summed E-state index contributed by atoms with van der Waals surface area (Å²) >= 11 is 0. The molecule has 8 heteroatoms. The summed E-state index contributed by atoms with van der Waals surface area (Å²) in [5, 5.41) is 4.19. The van der Waals surface area contributed by atoms with E-state index in [-0.39, 0.29) is 17.5 Å². The molecule has 3 aromatic rings. The first-order valence-corrected chi connectivity index (χ1v) is 8.37. The summed E-state index contributed by atoms with van der Waals surface area (Å²) in [4.78, 5) is 7.20. The second kappa shape index (κ2) is 5.54. The summed E-state index contributed by atoms with van der Waals surface area (Å²) < 4.78 is 29.1. The van der Waals surface area contributed by atoms with Crippen LogP contribution in [0.2, 0.25) is 0 Å². The highest BCUT2D eigenvalue weighted by atomic mass is 32.2. The minimum atomic E-state index is -3.56. The lowest BCUT2D eigenvalue weighted by Crippen LogP contribution is -2.29. The number of H-pyrrole nitrogens is 1. The predicted molar refractivity (Wildman–Crippen MR) is 83.0 cm³/mol. The van der Waals surface area contributed by atoms with E-state index in [0.717, 1.165) is 11.1 Å². The number of aromatic nitrogens is 4. The highest BCUT2D eigenvalue weighted by molar-refractivity contribution is 7.89. The minimum Gasteiger partial charge on any atom is -0.345 e. The van der Waals surface area contributed by atoms with Crippen LogP contribution in [0.25, 0.3) is 11.0 Å². The lowest BCUT2D eigenvalue weighted by molar-refractivity contribution is 0.479. The molecule has 7 nitrogen and oxygen atoms in total. The molecule has 2 heterocycles. The quantitative estimate of drug-likeness (QED) is 0.747. The number of hydrogen-bond acceptors (Lipinski definition) is 4. The second-order valence-electron chi connectivity index (χ2n) is 5.28. The largest absolute Gasteiger partial charge is 0.345 e. The van der Waals surface area contributed by atoms with Gasteiger partial charge in [0.15, 0.2) is 0 Å². The number of imidazole rings is 1. The van der Waals surface area contributed by atoms with Crippen LogP contribution in [0.15, 0.2) is 41.8 Å². The van der Waals surface area contributed by atoms with Crippen molar-refractivity contribution in [3.63, 3.8) is 0 Å². The molecule has 0 fully saturated rings. The summed E-state index contributed by atoms with van der Waals surface area (Å²) in [6.07, 6.45) is 5.17. The van der Waals surface area contributed by atoms with E-state index < -0.39 is 10.0 Å². The number of fused-ring (bicyclic) bond motifs is 1. The first-order valence-electron chi connectivity index (χ1n) is 6.89. The summed E-state index contributed by atoms with van der Waals surface area (Å²) in [6, 6.07) is 4.74. The zero-order valence-electron chi connectivity index (χ0n) is 12.3. The smallest absolute Gasteiger partial charge is 0.240 e. The standard InChI is InChI=1S/C14H17N5O2S/c1-10-6-17-19(8-10)11(2)7-18-22(20,21)12-3-4-13-14(5-12)16-9-15-13/h3-6,8-9,11,18H,7H2,1-2H3,(H,15,16)/t11-/m0/s1. The summed E-state index contributed by atoms with van der Waals surface area (Å²) in [5.41, 5.74) is 2.47. The topological polar surface area (TPSA) is 92.7 Å². The van der Waals surface area contributed by atoms with Crippen molar-refractivity contribution in [3.8, 4) is 0 Å². The molecule has 0 spiro atoms. The van der Waals surface area contributed by atoms with E-state index in [1.54, 1.807) is 29.1 Å². The average molecular weight is 319 g/mol. The van der Waals surface area contributed by atoms with E-state index in [9.17, 15) is 8.42 Å². The van der Waals surface area contributed by atoms with Crippen molar-refractivity contribution in [2.75, 3.05) is 6.54 Å². The molecule has 0 saturated carbocycles. The van der Waals surface area contributed by atoms with E-state index in [1.807, 2.05) is 20.0 Å². The van der Waals surface area contributed by atoms with Crippen molar-refractivity contribution in [2.24, 2.45) is 0 Å². The van der Waals surface area contributed by atoms with Crippen LogP contribution in [0, 0.1) is 6.92 Å². The van der Waals surface area contributed by atoms with Gasteiger partial charge in [-0.3, -0.25) is 4.68 Å². The number of nitrogens with one attached hydrogen (secondary N) is 2. The van der Waals surface area contributed by atoms with Gasteiger partial charge in [0.2, 0.25) is 10.0 Å². The lowest BCUT2D eigenvalue weighted by Gasteiger charge is -2.13. The zero-order chi connectivity index (χ0) is 15.7. The summed E-state index contributed by atoms with van der Waals surface area (Å²) in [5.74, 6) is 0. The molecule has 0 unspecified atom stereocenters. The van der Waals surface area contributed by atoms with Crippen LogP contribution < -0.4 is 4.72 Å². The molecule has 0 saturated heterocycles.